The molecule has 1 aromatic heterocycles. The summed E-state index contributed by atoms with van der Waals surface area (Å²) < 4.78 is 1.20. The molecule has 2 nitrogen and oxygen atoms in total. The molecule has 1 aliphatic carbocycles. The standard InChI is InChI=1S/C15H25BrN2S/c1-12-3-5-14(6-4-12)18(2)8-7-17-10-15-9-13(16)11-19-15/h9,11-12,14,17H,3-8,10H2,1-2H3. The van der Waals surface area contributed by atoms with Gasteiger partial charge in [-0.05, 0) is 60.6 Å². The lowest BCUT2D eigenvalue weighted by Crippen LogP contribution is -2.38. The Morgan fingerprint density at radius 2 is 2.11 bits per heavy atom. The number of halogens is 1. The van der Waals surface area contributed by atoms with Crippen LogP contribution in [0.5, 0.6) is 0 Å². The highest BCUT2D eigenvalue weighted by Gasteiger charge is 2.20. The summed E-state index contributed by atoms with van der Waals surface area (Å²) in [5.74, 6) is 0.944. The minimum atomic E-state index is 0.814. The lowest BCUT2D eigenvalue weighted by Gasteiger charge is -2.33. The summed E-state index contributed by atoms with van der Waals surface area (Å²) in [6.45, 7) is 5.62. The van der Waals surface area contributed by atoms with Crippen molar-refractivity contribution in [3.63, 3.8) is 0 Å². The maximum absolute atomic E-state index is 3.54. The topological polar surface area (TPSA) is 15.3 Å². The number of nitrogens with one attached hydrogen (secondary N) is 1. The van der Waals surface area contributed by atoms with Gasteiger partial charge in [0.1, 0.15) is 0 Å². The minimum Gasteiger partial charge on any atom is -0.311 e. The molecule has 2 rings (SSSR count). The molecule has 0 spiro atoms. The summed E-state index contributed by atoms with van der Waals surface area (Å²) >= 11 is 5.31. The normalized spacial score (nSPS) is 24.0. The van der Waals surface area contributed by atoms with Crippen LogP contribution in [0.4, 0.5) is 0 Å². The van der Waals surface area contributed by atoms with Crippen molar-refractivity contribution < 1.29 is 0 Å². The lowest BCUT2D eigenvalue weighted by atomic mass is 9.87. The molecule has 0 radical (unpaired) electrons. The molecule has 0 amide bonds. The molecule has 0 bridgehead atoms. The number of hydrogen-bond donors (Lipinski definition) is 1. The van der Waals surface area contributed by atoms with Crippen molar-refractivity contribution in [1.29, 1.82) is 0 Å². The van der Waals surface area contributed by atoms with E-state index in [9.17, 15) is 0 Å². The molecular weight excluding hydrogens is 320 g/mol. The van der Waals surface area contributed by atoms with Crippen LogP contribution in [0.2, 0.25) is 0 Å². The van der Waals surface area contributed by atoms with Gasteiger partial charge in [-0.2, -0.15) is 0 Å². The van der Waals surface area contributed by atoms with Crippen molar-refractivity contribution in [3.05, 3.63) is 20.8 Å². The predicted molar refractivity (Wildman–Crippen MR) is 87.8 cm³/mol. The number of likely N-dealkylation sites (N-methyl/N-ethyl adjacent to an activating group) is 1. The van der Waals surface area contributed by atoms with Crippen LogP contribution in [-0.4, -0.2) is 31.1 Å². The van der Waals surface area contributed by atoms with Crippen molar-refractivity contribution in [2.45, 2.75) is 45.2 Å². The van der Waals surface area contributed by atoms with Crippen LogP contribution < -0.4 is 5.32 Å². The molecule has 0 saturated heterocycles. The molecule has 1 fully saturated rings. The molecule has 1 aromatic rings. The molecular formula is C15H25BrN2S. The van der Waals surface area contributed by atoms with E-state index in [-0.39, 0.29) is 0 Å². The summed E-state index contributed by atoms with van der Waals surface area (Å²) in [5.41, 5.74) is 0. The van der Waals surface area contributed by atoms with E-state index in [1.165, 1.54) is 35.0 Å². The molecule has 108 valence electrons. The Kier molecular flexibility index (Phi) is 6.33. The van der Waals surface area contributed by atoms with Gasteiger partial charge in [-0.1, -0.05) is 6.92 Å². The van der Waals surface area contributed by atoms with E-state index >= 15 is 0 Å². The van der Waals surface area contributed by atoms with E-state index in [4.69, 9.17) is 0 Å². The first-order valence-corrected chi connectivity index (χ1v) is 8.96. The third kappa shape index (κ3) is 5.18. The summed E-state index contributed by atoms with van der Waals surface area (Å²) in [4.78, 5) is 3.95. The molecule has 0 unspecified atom stereocenters. The Bertz CT molecular complexity index is 372. The zero-order chi connectivity index (χ0) is 13.7. The Labute approximate surface area is 129 Å². The molecule has 1 N–H and O–H groups in total. The van der Waals surface area contributed by atoms with Gasteiger partial charge >= 0.3 is 0 Å². The summed E-state index contributed by atoms with van der Waals surface area (Å²) in [5, 5.41) is 5.69. The second kappa shape index (κ2) is 7.77. The van der Waals surface area contributed by atoms with Crippen LogP contribution in [0.25, 0.3) is 0 Å². The Balaban J connectivity index is 1.60. The molecule has 1 saturated carbocycles. The van der Waals surface area contributed by atoms with E-state index in [0.717, 1.165) is 31.6 Å². The summed E-state index contributed by atoms with van der Waals surface area (Å²) in [6, 6.07) is 3.01. The van der Waals surface area contributed by atoms with E-state index < -0.39 is 0 Å². The van der Waals surface area contributed by atoms with Gasteiger partial charge < -0.3 is 10.2 Å². The van der Waals surface area contributed by atoms with Crippen LogP contribution >= 0.6 is 27.3 Å². The molecule has 4 heteroatoms. The Morgan fingerprint density at radius 3 is 2.74 bits per heavy atom. The van der Waals surface area contributed by atoms with E-state index in [0.29, 0.717) is 0 Å². The monoisotopic (exact) mass is 344 g/mol. The quantitative estimate of drug-likeness (QED) is 0.781. The third-order valence-electron chi connectivity index (χ3n) is 4.17. The van der Waals surface area contributed by atoms with E-state index in [1.54, 1.807) is 0 Å². The zero-order valence-electron chi connectivity index (χ0n) is 12.0. The van der Waals surface area contributed by atoms with Crippen molar-refractivity contribution in [2.24, 2.45) is 5.92 Å². The van der Waals surface area contributed by atoms with Gasteiger partial charge in [0.15, 0.2) is 0 Å². The van der Waals surface area contributed by atoms with Gasteiger partial charge in [0, 0.05) is 40.4 Å². The SMILES string of the molecule is CC1CCC(N(C)CCNCc2cc(Br)cs2)CC1. The highest BCUT2D eigenvalue weighted by molar-refractivity contribution is 9.10. The van der Waals surface area contributed by atoms with Crippen LogP contribution in [0.3, 0.4) is 0 Å². The smallest absolute Gasteiger partial charge is 0.0300 e. The first-order chi connectivity index (χ1) is 9.15. The highest BCUT2D eigenvalue weighted by atomic mass is 79.9. The van der Waals surface area contributed by atoms with Crippen molar-refractivity contribution >= 4 is 27.3 Å². The van der Waals surface area contributed by atoms with Crippen LogP contribution in [0.1, 0.15) is 37.5 Å². The Morgan fingerprint density at radius 1 is 1.37 bits per heavy atom. The van der Waals surface area contributed by atoms with Gasteiger partial charge in [-0.25, -0.2) is 0 Å². The molecule has 1 heterocycles. The maximum Gasteiger partial charge on any atom is 0.0300 e. The third-order valence-corrected chi connectivity index (χ3v) is 5.87. The van der Waals surface area contributed by atoms with Gasteiger partial charge in [0.05, 0.1) is 0 Å². The summed E-state index contributed by atoms with van der Waals surface area (Å²) in [7, 11) is 2.28. The minimum absolute atomic E-state index is 0.814. The second-order valence-corrected chi connectivity index (χ2v) is 7.71. The van der Waals surface area contributed by atoms with Crippen LogP contribution in [-0.2, 0) is 6.54 Å². The van der Waals surface area contributed by atoms with E-state index in [1.807, 2.05) is 11.3 Å². The van der Waals surface area contributed by atoms with Crippen molar-refractivity contribution in [1.82, 2.24) is 10.2 Å². The van der Waals surface area contributed by atoms with Crippen LogP contribution in [0, 0.1) is 5.92 Å². The fraction of sp³-hybridized carbons (Fsp3) is 0.733. The van der Waals surface area contributed by atoms with Gasteiger partial charge in [0.25, 0.3) is 0 Å². The fourth-order valence-electron chi connectivity index (χ4n) is 2.78. The predicted octanol–water partition coefficient (Wildman–Crippen LogP) is 4.11. The van der Waals surface area contributed by atoms with Crippen molar-refractivity contribution in [3.8, 4) is 0 Å². The van der Waals surface area contributed by atoms with E-state index in [2.05, 4.69) is 51.6 Å². The molecule has 19 heavy (non-hydrogen) atoms. The number of hydrogen-bond acceptors (Lipinski definition) is 3. The lowest BCUT2D eigenvalue weighted by molar-refractivity contribution is 0.171. The van der Waals surface area contributed by atoms with Gasteiger partial charge in [0.2, 0.25) is 0 Å². The highest BCUT2D eigenvalue weighted by Crippen LogP contribution is 2.26. The molecule has 0 aliphatic heterocycles. The summed E-state index contributed by atoms with van der Waals surface area (Å²) in [6.07, 6.45) is 5.59. The van der Waals surface area contributed by atoms with Gasteiger partial charge in [-0.3, -0.25) is 0 Å². The van der Waals surface area contributed by atoms with Gasteiger partial charge in [-0.15, -0.1) is 11.3 Å². The van der Waals surface area contributed by atoms with Crippen molar-refractivity contribution in [2.75, 3.05) is 20.1 Å². The first-order valence-electron chi connectivity index (χ1n) is 7.29. The van der Waals surface area contributed by atoms with Crippen LogP contribution in [0.15, 0.2) is 15.9 Å². The maximum atomic E-state index is 3.54. The number of nitrogens with zero attached hydrogens (tertiary/aromatic N) is 1. The molecule has 1 aliphatic rings. The number of rotatable bonds is 6. The molecule has 0 aromatic carbocycles. The second-order valence-electron chi connectivity index (χ2n) is 5.80. The average molecular weight is 345 g/mol. The average Bonchev–Trinajstić information content (AvgIpc) is 2.81. The number of thiophene rings is 1. The Hall–Kier alpha value is 0.1000. The largest absolute Gasteiger partial charge is 0.311 e. The molecule has 0 atom stereocenters. The first kappa shape index (κ1) is 15.5. The fourth-order valence-corrected chi connectivity index (χ4v) is 4.20. The zero-order valence-corrected chi connectivity index (χ0v) is 14.4.